The van der Waals surface area contributed by atoms with Crippen molar-refractivity contribution in [3.05, 3.63) is 24.3 Å². The maximum Gasteiger partial charge on any atom is 0.220 e. The molecule has 470 valence electrons. The van der Waals surface area contributed by atoms with Gasteiger partial charge in [0, 0.05) is 6.42 Å². The summed E-state index contributed by atoms with van der Waals surface area (Å²) in [5, 5.41) is 120. The minimum atomic E-state index is -1.97. The summed E-state index contributed by atoms with van der Waals surface area (Å²) in [4.78, 5) is 13.3. The van der Waals surface area contributed by atoms with E-state index in [-0.39, 0.29) is 18.9 Å². The van der Waals surface area contributed by atoms with Crippen LogP contribution in [0.3, 0.4) is 0 Å². The van der Waals surface area contributed by atoms with E-state index in [1.54, 1.807) is 0 Å². The van der Waals surface area contributed by atoms with Crippen molar-refractivity contribution in [1.82, 2.24) is 5.32 Å². The molecule has 3 rings (SSSR count). The van der Waals surface area contributed by atoms with E-state index < -0.39 is 124 Å². The number of rotatable bonds is 47. The van der Waals surface area contributed by atoms with Gasteiger partial charge in [0.2, 0.25) is 5.91 Å². The highest BCUT2D eigenvalue weighted by Gasteiger charge is 2.53. The van der Waals surface area contributed by atoms with Gasteiger partial charge in [0.05, 0.1) is 38.6 Å². The zero-order chi connectivity index (χ0) is 58.3. The van der Waals surface area contributed by atoms with Gasteiger partial charge < -0.3 is 89.9 Å². The molecule has 0 radical (unpaired) electrons. The summed E-state index contributed by atoms with van der Waals surface area (Å²) in [6.45, 7) is 1.76. The standard InChI is InChI=1S/C61H113NO18/c1-3-5-7-9-11-13-15-16-17-18-19-20-21-22-23-24-25-26-27-28-29-31-33-35-37-39-49(67)62-44(45(66)38-36-34-32-30-14-12-10-8-6-4-2)43-75-59-55(73)52(70)57(47(41-64)77-59)80-61-56(74)53(71)58(48(42-65)78-61)79-60-54(72)51(69)50(68)46(40-63)76-60/h15-16,18-19,44-48,50-61,63-66,68-74H,3-14,17,20-43H2,1-2H3,(H,62,67)/b16-15-,19-18-. The highest BCUT2D eigenvalue weighted by Crippen LogP contribution is 2.33. The van der Waals surface area contributed by atoms with Crippen LogP contribution in [0.5, 0.6) is 0 Å². The number of unbranched alkanes of at least 4 members (excludes halogenated alkanes) is 27. The highest BCUT2D eigenvalue weighted by atomic mass is 16.8. The Morgan fingerprint density at radius 1 is 0.450 bits per heavy atom. The van der Waals surface area contributed by atoms with Crippen LogP contribution in [-0.2, 0) is 33.2 Å². The molecule has 17 unspecified atom stereocenters. The summed E-state index contributed by atoms with van der Waals surface area (Å²) in [6, 6.07) is -0.884. The van der Waals surface area contributed by atoms with Crippen molar-refractivity contribution in [2.24, 2.45) is 0 Å². The van der Waals surface area contributed by atoms with E-state index in [0.717, 1.165) is 51.4 Å². The van der Waals surface area contributed by atoms with E-state index in [0.29, 0.717) is 12.8 Å². The number of allylic oxidation sites excluding steroid dienone is 4. The largest absolute Gasteiger partial charge is 0.394 e. The molecule has 3 aliphatic heterocycles. The number of aliphatic hydroxyl groups excluding tert-OH is 11. The van der Waals surface area contributed by atoms with Gasteiger partial charge >= 0.3 is 0 Å². The fraction of sp³-hybridized carbons (Fsp3) is 0.918. The Bertz CT molecular complexity index is 1560. The summed E-state index contributed by atoms with van der Waals surface area (Å²) in [5.41, 5.74) is 0. The molecule has 3 fully saturated rings. The quantitative estimate of drug-likeness (QED) is 0.0234. The summed E-state index contributed by atoms with van der Waals surface area (Å²) < 4.78 is 34.3. The summed E-state index contributed by atoms with van der Waals surface area (Å²) >= 11 is 0. The maximum atomic E-state index is 13.3. The van der Waals surface area contributed by atoms with Crippen LogP contribution in [0, 0.1) is 0 Å². The maximum absolute atomic E-state index is 13.3. The van der Waals surface area contributed by atoms with Gasteiger partial charge in [0.25, 0.3) is 0 Å². The third kappa shape index (κ3) is 28.0. The van der Waals surface area contributed by atoms with Gasteiger partial charge in [-0.3, -0.25) is 4.79 Å². The number of hydrogen-bond donors (Lipinski definition) is 12. The first kappa shape index (κ1) is 72.5. The van der Waals surface area contributed by atoms with Crippen LogP contribution in [0.4, 0.5) is 0 Å². The van der Waals surface area contributed by atoms with Gasteiger partial charge in [-0.05, 0) is 44.9 Å². The zero-order valence-electron chi connectivity index (χ0n) is 49.1. The number of carbonyl (C=O) groups excluding carboxylic acids is 1. The smallest absolute Gasteiger partial charge is 0.220 e. The lowest BCUT2D eigenvalue weighted by atomic mass is 9.96. The van der Waals surface area contributed by atoms with E-state index in [1.807, 2.05) is 0 Å². The van der Waals surface area contributed by atoms with Crippen LogP contribution in [0.1, 0.15) is 226 Å². The van der Waals surface area contributed by atoms with Crippen LogP contribution >= 0.6 is 0 Å². The predicted octanol–water partition coefficient (Wildman–Crippen LogP) is 6.32. The molecule has 0 aromatic heterocycles. The van der Waals surface area contributed by atoms with Crippen molar-refractivity contribution in [3.63, 3.8) is 0 Å². The lowest BCUT2D eigenvalue weighted by molar-refractivity contribution is -0.379. The average molecular weight is 1150 g/mol. The molecule has 12 N–H and O–H groups in total. The SMILES string of the molecule is CCCCCCC/C=C\C/C=C\CCCCCCCCCCCCCCCC(=O)NC(COC1OC(CO)C(OC2OC(CO)C(OC3OC(CO)C(O)C(O)C3O)C(O)C2O)C(O)C1O)C(O)CCCCCCCCCCCC. The van der Waals surface area contributed by atoms with Crippen molar-refractivity contribution in [2.45, 2.75) is 330 Å². The van der Waals surface area contributed by atoms with Gasteiger partial charge in [-0.2, -0.15) is 0 Å². The molecule has 19 heteroatoms. The number of nitrogens with one attached hydrogen (secondary N) is 1. The minimum absolute atomic E-state index is 0.245. The predicted molar refractivity (Wildman–Crippen MR) is 305 cm³/mol. The van der Waals surface area contributed by atoms with Crippen molar-refractivity contribution >= 4 is 5.91 Å². The first-order valence-corrected chi connectivity index (χ1v) is 31.6. The van der Waals surface area contributed by atoms with E-state index in [9.17, 15) is 61.0 Å². The molecule has 3 aliphatic rings. The summed E-state index contributed by atoms with van der Waals surface area (Å²) in [7, 11) is 0. The molecule has 17 atom stereocenters. The fourth-order valence-corrected chi connectivity index (χ4v) is 10.8. The average Bonchev–Trinajstić information content (AvgIpc) is 3.47. The Hall–Kier alpha value is -1.73. The first-order chi connectivity index (χ1) is 38.8. The normalized spacial score (nSPS) is 30.1. The van der Waals surface area contributed by atoms with E-state index >= 15 is 0 Å². The second kappa shape index (κ2) is 44.7. The Labute approximate surface area is 479 Å². The molecule has 0 saturated carbocycles. The van der Waals surface area contributed by atoms with E-state index in [4.69, 9.17) is 28.4 Å². The topological polar surface area (TPSA) is 307 Å². The second-order valence-electron chi connectivity index (χ2n) is 22.9. The van der Waals surface area contributed by atoms with Crippen LogP contribution in [0.2, 0.25) is 0 Å². The number of amides is 1. The van der Waals surface area contributed by atoms with E-state index in [1.165, 1.54) is 141 Å². The number of aliphatic hydroxyl groups is 11. The molecule has 0 aliphatic carbocycles. The number of ether oxygens (including phenoxy) is 6. The summed E-state index contributed by atoms with van der Waals surface area (Å²) in [6.07, 6.45) is 19.9. The minimum Gasteiger partial charge on any atom is -0.394 e. The molecule has 80 heavy (non-hydrogen) atoms. The monoisotopic (exact) mass is 1150 g/mol. The molecule has 1 amide bonds. The third-order valence-electron chi connectivity index (χ3n) is 16.0. The van der Waals surface area contributed by atoms with Crippen molar-refractivity contribution in [3.8, 4) is 0 Å². The van der Waals surface area contributed by atoms with Crippen LogP contribution in [-0.4, -0.2) is 193 Å². The lowest BCUT2D eigenvalue weighted by Crippen LogP contribution is -2.66. The van der Waals surface area contributed by atoms with Gasteiger partial charge in [0.1, 0.15) is 73.2 Å². The first-order valence-electron chi connectivity index (χ1n) is 31.6. The molecular formula is C61H113NO18. The molecule has 0 aromatic carbocycles. The molecule has 0 bridgehead atoms. The zero-order valence-corrected chi connectivity index (χ0v) is 49.1. The van der Waals surface area contributed by atoms with Gasteiger partial charge in [-0.1, -0.05) is 199 Å². The molecule has 19 nitrogen and oxygen atoms in total. The molecule has 0 aromatic rings. The van der Waals surface area contributed by atoms with Gasteiger partial charge in [0.15, 0.2) is 18.9 Å². The number of carbonyl (C=O) groups is 1. The Balaban J connectivity index is 1.41. The Morgan fingerprint density at radius 2 is 0.825 bits per heavy atom. The van der Waals surface area contributed by atoms with Crippen LogP contribution in [0.25, 0.3) is 0 Å². The van der Waals surface area contributed by atoms with Gasteiger partial charge in [-0.25, -0.2) is 0 Å². The van der Waals surface area contributed by atoms with Crippen LogP contribution < -0.4 is 5.32 Å². The number of hydrogen-bond acceptors (Lipinski definition) is 18. The second-order valence-corrected chi connectivity index (χ2v) is 22.9. The Kier molecular flexibility index (Phi) is 40.5. The van der Waals surface area contributed by atoms with Crippen molar-refractivity contribution in [1.29, 1.82) is 0 Å². The molecule has 3 heterocycles. The highest BCUT2D eigenvalue weighted by molar-refractivity contribution is 5.76. The fourth-order valence-electron chi connectivity index (χ4n) is 10.8. The van der Waals surface area contributed by atoms with E-state index in [2.05, 4.69) is 43.5 Å². The van der Waals surface area contributed by atoms with Crippen molar-refractivity contribution < 1.29 is 89.4 Å². The summed E-state index contributed by atoms with van der Waals surface area (Å²) in [5.74, 6) is -0.245. The molecule has 0 spiro atoms. The van der Waals surface area contributed by atoms with Crippen LogP contribution in [0.15, 0.2) is 24.3 Å². The van der Waals surface area contributed by atoms with Gasteiger partial charge in [-0.15, -0.1) is 0 Å². The Morgan fingerprint density at radius 3 is 1.27 bits per heavy atom. The lowest BCUT2D eigenvalue weighted by Gasteiger charge is -2.48. The molecular weight excluding hydrogens is 1030 g/mol. The van der Waals surface area contributed by atoms with Crippen molar-refractivity contribution in [2.75, 3.05) is 26.4 Å². The molecule has 3 saturated heterocycles. The third-order valence-corrected chi connectivity index (χ3v) is 16.0.